The summed E-state index contributed by atoms with van der Waals surface area (Å²) in [5.74, 6) is 2.70. The van der Waals surface area contributed by atoms with Crippen molar-refractivity contribution >= 4 is 11.6 Å². The van der Waals surface area contributed by atoms with Crippen molar-refractivity contribution in [2.75, 3.05) is 12.4 Å². The van der Waals surface area contributed by atoms with E-state index in [1.807, 2.05) is 0 Å². The molecule has 18 heavy (non-hydrogen) atoms. The number of rotatable bonds is 4. The normalized spacial score (nSPS) is 38.0. The Balaban J connectivity index is 1.90. The van der Waals surface area contributed by atoms with Crippen LogP contribution in [0.4, 0.5) is 0 Å². The molecule has 2 heteroatoms. The van der Waals surface area contributed by atoms with Crippen LogP contribution in [0, 0.1) is 11.8 Å². The van der Waals surface area contributed by atoms with Gasteiger partial charge in [-0.25, -0.2) is 0 Å². The molecule has 106 valence electrons. The second-order valence-electron chi connectivity index (χ2n) is 6.75. The van der Waals surface area contributed by atoms with Gasteiger partial charge >= 0.3 is 0 Å². The second-order valence-corrected chi connectivity index (χ2v) is 7.13. The van der Waals surface area contributed by atoms with E-state index < -0.39 is 0 Å². The molecule has 0 N–H and O–H groups in total. The van der Waals surface area contributed by atoms with Crippen LogP contribution in [0.3, 0.4) is 0 Å². The lowest BCUT2D eigenvalue weighted by molar-refractivity contribution is 0.0707. The fourth-order valence-electron chi connectivity index (χ4n) is 3.91. The van der Waals surface area contributed by atoms with Crippen molar-refractivity contribution in [3.05, 3.63) is 0 Å². The first kappa shape index (κ1) is 14.7. The van der Waals surface area contributed by atoms with Gasteiger partial charge in [0.25, 0.3) is 0 Å². The third-order valence-electron chi connectivity index (χ3n) is 5.25. The van der Waals surface area contributed by atoms with Crippen LogP contribution in [-0.2, 0) is 0 Å². The number of hydrogen-bond donors (Lipinski definition) is 0. The third kappa shape index (κ3) is 3.87. The number of alkyl halides is 1. The van der Waals surface area contributed by atoms with E-state index in [0.717, 1.165) is 36.3 Å². The Kier molecular flexibility index (Phi) is 5.82. The lowest BCUT2D eigenvalue weighted by Crippen LogP contribution is -2.47. The van der Waals surface area contributed by atoms with Gasteiger partial charge in [0.15, 0.2) is 0 Å². The summed E-state index contributed by atoms with van der Waals surface area (Å²) in [6.07, 6.45) is 11.3. The molecule has 1 nitrogen and oxygen atoms in total. The first-order valence-electron chi connectivity index (χ1n) is 8.02. The van der Waals surface area contributed by atoms with Gasteiger partial charge in [-0.05, 0) is 63.2 Å². The molecule has 2 fully saturated rings. The van der Waals surface area contributed by atoms with Crippen LogP contribution in [0.2, 0.25) is 0 Å². The van der Waals surface area contributed by atoms with Crippen LogP contribution in [0.15, 0.2) is 0 Å². The van der Waals surface area contributed by atoms with Crippen LogP contribution in [0.5, 0.6) is 0 Å². The topological polar surface area (TPSA) is 3.24 Å². The smallest absolute Gasteiger partial charge is 0.0351 e. The summed E-state index contributed by atoms with van der Waals surface area (Å²) in [6, 6.07) is 1.66. The van der Waals surface area contributed by atoms with E-state index in [1.54, 1.807) is 0 Å². The fourth-order valence-corrected chi connectivity index (χ4v) is 4.10. The molecule has 0 amide bonds. The summed E-state index contributed by atoms with van der Waals surface area (Å²) in [7, 11) is 0. The molecule has 0 saturated heterocycles. The van der Waals surface area contributed by atoms with Crippen molar-refractivity contribution in [1.29, 1.82) is 0 Å². The van der Waals surface area contributed by atoms with E-state index in [9.17, 15) is 0 Å². The molecule has 0 bridgehead atoms. The molecule has 0 spiro atoms. The molecule has 0 heterocycles. The van der Waals surface area contributed by atoms with Gasteiger partial charge in [0, 0.05) is 24.5 Å². The first-order chi connectivity index (χ1) is 8.70. The highest BCUT2D eigenvalue weighted by atomic mass is 35.5. The van der Waals surface area contributed by atoms with Crippen LogP contribution < -0.4 is 0 Å². The van der Waals surface area contributed by atoms with Crippen LogP contribution in [-0.4, -0.2) is 29.4 Å². The van der Waals surface area contributed by atoms with Crippen molar-refractivity contribution in [1.82, 2.24) is 4.90 Å². The Morgan fingerprint density at radius 2 is 1.17 bits per heavy atom. The highest BCUT2D eigenvalue weighted by molar-refractivity contribution is 6.18. The third-order valence-corrected chi connectivity index (χ3v) is 5.42. The van der Waals surface area contributed by atoms with Crippen molar-refractivity contribution in [3.63, 3.8) is 0 Å². The van der Waals surface area contributed by atoms with Crippen molar-refractivity contribution in [3.8, 4) is 0 Å². The predicted molar refractivity (Wildman–Crippen MR) is 80.3 cm³/mol. The van der Waals surface area contributed by atoms with Gasteiger partial charge in [-0.2, -0.15) is 0 Å². The summed E-state index contributed by atoms with van der Waals surface area (Å²) in [4.78, 5) is 2.78. The maximum absolute atomic E-state index is 6.05. The van der Waals surface area contributed by atoms with E-state index in [2.05, 4.69) is 18.7 Å². The van der Waals surface area contributed by atoms with Gasteiger partial charge in [0.05, 0.1) is 0 Å². The second kappa shape index (κ2) is 7.14. The van der Waals surface area contributed by atoms with Crippen LogP contribution in [0.1, 0.15) is 65.2 Å². The van der Waals surface area contributed by atoms with Gasteiger partial charge in [-0.15, -0.1) is 11.6 Å². The summed E-state index contributed by atoms with van der Waals surface area (Å²) >= 11 is 6.05. The molecule has 0 aliphatic heterocycles. The zero-order valence-corrected chi connectivity index (χ0v) is 13.0. The zero-order chi connectivity index (χ0) is 13.0. The Morgan fingerprint density at radius 1 is 0.778 bits per heavy atom. The molecule has 0 radical (unpaired) electrons. The van der Waals surface area contributed by atoms with Crippen molar-refractivity contribution in [2.45, 2.75) is 77.3 Å². The summed E-state index contributed by atoms with van der Waals surface area (Å²) in [5, 5.41) is 0. The van der Waals surface area contributed by atoms with Crippen molar-refractivity contribution in [2.24, 2.45) is 11.8 Å². The van der Waals surface area contributed by atoms with Gasteiger partial charge in [0.1, 0.15) is 0 Å². The highest BCUT2D eigenvalue weighted by Gasteiger charge is 2.30. The standard InChI is InChI=1S/C16H30ClN/c1-13-3-7-15(8-4-13)18(12-11-17)16-9-5-14(2)6-10-16/h13-16H,3-12H2,1-2H3. The average Bonchev–Trinajstić information content (AvgIpc) is 2.39. The Hall–Kier alpha value is 0.250. The van der Waals surface area contributed by atoms with Gasteiger partial charge in [-0.3, -0.25) is 4.90 Å². The Labute approximate surface area is 118 Å². The minimum absolute atomic E-state index is 0.804. The molecular weight excluding hydrogens is 242 g/mol. The quantitative estimate of drug-likeness (QED) is 0.671. The molecule has 0 aromatic carbocycles. The molecule has 2 aliphatic rings. The largest absolute Gasteiger partial charge is 0.296 e. The molecular formula is C16H30ClN. The maximum Gasteiger partial charge on any atom is 0.0351 e. The van der Waals surface area contributed by atoms with Crippen LogP contribution >= 0.6 is 11.6 Å². The number of hydrogen-bond acceptors (Lipinski definition) is 1. The number of halogens is 1. The van der Waals surface area contributed by atoms with E-state index in [4.69, 9.17) is 11.6 Å². The SMILES string of the molecule is CC1CCC(N(CCCl)C2CCC(C)CC2)CC1. The molecule has 2 rings (SSSR count). The lowest BCUT2D eigenvalue weighted by atomic mass is 9.82. The molecule has 2 saturated carbocycles. The van der Waals surface area contributed by atoms with E-state index >= 15 is 0 Å². The van der Waals surface area contributed by atoms with E-state index in [0.29, 0.717) is 0 Å². The first-order valence-corrected chi connectivity index (χ1v) is 8.56. The Bertz CT molecular complexity index is 205. The minimum Gasteiger partial charge on any atom is -0.296 e. The highest BCUT2D eigenvalue weighted by Crippen LogP contribution is 2.33. The Morgan fingerprint density at radius 3 is 1.50 bits per heavy atom. The minimum atomic E-state index is 0.804. The summed E-state index contributed by atoms with van der Waals surface area (Å²) in [6.45, 7) is 5.93. The maximum atomic E-state index is 6.05. The fraction of sp³-hybridized carbons (Fsp3) is 1.00. The molecule has 0 aromatic heterocycles. The monoisotopic (exact) mass is 271 g/mol. The van der Waals surface area contributed by atoms with Gasteiger partial charge in [-0.1, -0.05) is 13.8 Å². The summed E-state index contributed by atoms with van der Waals surface area (Å²) in [5.41, 5.74) is 0. The molecule has 0 atom stereocenters. The number of nitrogens with zero attached hydrogens (tertiary/aromatic N) is 1. The van der Waals surface area contributed by atoms with Gasteiger partial charge < -0.3 is 0 Å². The molecule has 0 aromatic rings. The molecule has 0 unspecified atom stereocenters. The van der Waals surface area contributed by atoms with E-state index in [1.165, 1.54) is 51.4 Å². The molecule has 2 aliphatic carbocycles. The van der Waals surface area contributed by atoms with Crippen molar-refractivity contribution < 1.29 is 0 Å². The van der Waals surface area contributed by atoms with E-state index in [-0.39, 0.29) is 0 Å². The zero-order valence-electron chi connectivity index (χ0n) is 12.2. The average molecular weight is 272 g/mol. The predicted octanol–water partition coefficient (Wildman–Crippen LogP) is 4.68. The lowest BCUT2D eigenvalue weighted by Gasteiger charge is -2.43. The summed E-state index contributed by atoms with van der Waals surface area (Å²) < 4.78 is 0. The van der Waals surface area contributed by atoms with Gasteiger partial charge in [0.2, 0.25) is 0 Å². The van der Waals surface area contributed by atoms with Crippen LogP contribution in [0.25, 0.3) is 0 Å².